The van der Waals surface area contributed by atoms with Gasteiger partial charge >= 0.3 is 5.97 Å². The Morgan fingerprint density at radius 1 is 1.40 bits per heavy atom. The SMILES string of the molecule is O=C(O)c1snnc1-c1ccccc1F. The van der Waals surface area contributed by atoms with Crippen LogP contribution in [0, 0.1) is 5.82 Å². The number of hydrogen-bond acceptors (Lipinski definition) is 4. The fourth-order valence-electron chi connectivity index (χ4n) is 1.16. The topological polar surface area (TPSA) is 63.1 Å². The van der Waals surface area contributed by atoms with Crippen LogP contribution in [0.4, 0.5) is 4.39 Å². The van der Waals surface area contributed by atoms with E-state index in [4.69, 9.17) is 5.11 Å². The van der Waals surface area contributed by atoms with Gasteiger partial charge in [-0.3, -0.25) is 0 Å². The summed E-state index contributed by atoms with van der Waals surface area (Å²) in [7, 11) is 0. The van der Waals surface area contributed by atoms with E-state index in [0.717, 1.165) is 11.5 Å². The van der Waals surface area contributed by atoms with E-state index in [1.165, 1.54) is 18.2 Å². The van der Waals surface area contributed by atoms with Crippen molar-refractivity contribution < 1.29 is 14.3 Å². The van der Waals surface area contributed by atoms with Crippen LogP contribution in [0.1, 0.15) is 9.67 Å². The molecule has 0 amide bonds. The molecular weight excluding hydrogens is 219 g/mol. The molecule has 0 aliphatic carbocycles. The van der Waals surface area contributed by atoms with Crippen LogP contribution in [0.3, 0.4) is 0 Å². The smallest absolute Gasteiger partial charge is 0.349 e. The van der Waals surface area contributed by atoms with Gasteiger partial charge < -0.3 is 5.11 Å². The standard InChI is InChI=1S/C9H5FN2O2S/c10-6-4-2-1-3-5(6)7-8(9(13)14)15-12-11-7/h1-4H,(H,13,14). The van der Waals surface area contributed by atoms with Gasteiger partial charge in [0.15, 0.2) is 4.88 Å². The highest BCUT2D eigenvalue weighted by atomic mass is 32.1. The Morgan fingerprint density at radius 3 is 2.80 bits per heavy atom. The lowest BCUT2D eigenvalue weighted by atomic mass is 10.1. The number of nitrogens with zero attached hydrogens (tertiary/aromatic N) is 2. The molecule has 0 saturated heterocycles. The molecule has 2 rings (SSSR count). The van der Waals surface area contributed by atoms with E-state index in [2.05, 4.69) is 9.59 Å². The van der Waals surface area contributed by atoms with Gasteiger partial charge in [0.2, 0.25) is 0 Å². The van der Waals surface area contributed by atoms with Crippen LogP contribution in [0.5, 0.6) is 0 Å². The van der Waals surface area contributed by atoms with Crippen molar-refractivity contribution in [2.24, 2.45) is 0 Å². The molecule has 0 aliphatic rings. The Balaban J connectivity index is 2.59. The molecule has 0 saturated carbocycles. The molecule has 0 atom stereocenters. The summed E-state index contributed by atoms with van der Waals surface area (Å²) in [6.07, 6.45) is 0. The van der Waals surface area contributed by atoms with Crippen molar-refractivity contribution in [2.75, 3.05) is 0 Å². The maximum absolute atomic E-state index is 13.3. The van der Waals surface area contributed by atoms with E-state index >= 15 is 0 Å². The minimum Gasteiger partial charge on any atom is -0.477 e. The third-order valence-electron chi connectivity index (χ3n) is 1.81. The second-order valence-corrected chi connectivity index (χ2v) is 3.49. The first-order valence-electron chi connectivity index (χ1n) is 4.00. The van der Waals surface area contributed by atoms with E-state index in [-0.39, 0.29) is 16.1 Å². The van der Waals surface area contributed by atoms with Gasteiger partial charge in [0, 0.05) is 5.56 Å². The first-order chi connectivity index (χ1) is 7.20. The van der Waals surface area contributed by atoms with Crippen molar-refractivity contribution in [3.63, 3.8) is 0 Å². The van der Waals surface area contributed by atoms with E-state index in [9.17, 15) is 9.18 Å². The zero-order chi connectivity index (χ0) is 10.8. The zero-order valence-corrected chi connectivity index (χ0v) is 8.16. The molecule has 1 heterocycles. The van der Waals surface area contributed by atoms with Crippen molar-refractivity contribution in [3.8, 4) is 11.3 Å². The van der Waals surface area contributed by atoms with Crippen LogP contribution in [-0.2, 0) is 0 Å². The summed E-state index contributed by atoms with van der Waals surface area (Å²) in [6, 6.07) is 5.86. The third kappa shape index (κ3) is 1.71. The number of aromatic nitrogens is 2. The van der Waals surface area contributed by atoms with Crippen LogP contribution < -0.4 is 0 Å². The molecular formula is C9H5FN2O2S. The molecule has 0 fully saturated rings. The highest BCUT2D eigenvalue weighted by Crippen LogP contribution is 2.25. The first-order valence-corrected chi connectivity index (χ1v) is 4.78. The largest absolute Gasteiger partial charge is 0.477 e. The van der Waals surface area contributed by atoms with Crippen molar-refractivity contribution >= 4 is 17.5 Å². The summed E-state index contributed by atoms with van der Waals surface area (Å²) in [5, 5.41) is 12.4. The minimum absolute atomic E-state index is 0.0555. The van der Waals surface area contributed by atoms with E-state index in [1.807, 2.05) is 0 Å². The summed E-state index contributed by atoms with van der Waals surface area (Å²) in [6.45, 7) is 0. The number of carbonyl (C=O) groups is 1. The maximum Gasteiger partial charge on any atom is 0.349 e. The first kappa shape index (κ1) is 9.72. The van der Waals surface area contributed by atoms with Gasteiger partial charge in [0.25, 0.3) is 0 Å². The summed E-state index contributed by atoms with van der Waals surface area (Å²) in [4.78, 5) is 10.7. The lowest BCUT2D eigenvalue weighted by Crippen LogP contribution is -1.96. The summed E-state index contributed by atoms with van der Waals surface area (Å²) in [5.41, 5.74) is 0.231. The van der Waals surface area contributed by atoms with Crippen LogP contribution >= 0.6 is 11.5 Å². The highest BCUT2D eigenvalue weighted by molar-refractivity contribution is 7.08. The van der Waals surface area contributed by atoms with E-state index < -0.39 is 11.8 Å². The molecule has 15 heavy (non-hydrogen) atoms. The second-order valence-electron chi connectivity index (χ2n) is 2.74. The summed E-state index contributed by atoms with van der Waals surface area (Å²) >= 11 is 0.734. The maximum atomic E-state index is 13.3. The number of aromatic carboxylic acids is 1. The van der Waals surface area contributed by atoms with Crippen molar-refractivity contribution in [1.29, 1.82) is 0 Å². The normalized spacial score (nSPS) is 10.2. The van der Waals surface area contributed by atoms with Gasteiger partial charge in [-0.05, 0) is 23.7 Å². The molecule has 0 bridgehead atoms. The van der Waals surface area contributed by atoms with Gasteiger partial charge in [-0.1, -0.05) is 16.6 Å². The monoisotopic (exact) mass is 224 g/mol. The molecule has 6 heteroatoms. The fraction of sp³-hybridized carbons (Fsp3) is 0. The summed E-state index contributed by atoms with van der Waals surface area (Å²) < 4.78 is 16.8. The van der Waals surface area contributed by atoms with Crippen molar-refractivity contribution in [2.45, 2.75) is 0 Å². The van der Waals surface area contributed by atoms with Gasteiger partial charge in [-0.2, -0.15) is 0 Å². The Hall–Kier alpha value is -1.82. The van der Waals surface area contributed by atoms with Crippen LogP contribution in [-0.4, -0.2) is 20.7 Å². The lowest BCUT2D eigenvalue weighted by molar-refractivity contribution is 0.0702. The van der Waals surface area contributed by atoms with E-state index in [0.29, 0.717) is 0 Å². The zero-order valence-electron chi connectivity index (χ0n) is 7.35. The van der Waals surface area contributed by atoms with E-state index in [1.54, 1.807) is 6.07 Å². The molecule has 0 spiro atoms. The van der Waals surface area contributed by atoms with Gasteiger partial charge in [-0.25, -0.2) is 9.18 Å². The fourth-order valence-corrected chi connectivity index (χ4v) is 1.68. The van der Waals surface area contributed by atoms with Gasteiger partial charge in [-0.15, -0.1) is 5.10 Å². The summed E-state index contributed by atoms with van der Waals surface area (Å²) in [5.74, 6) is -1.66. The average Bonchev–Trinajstić information content (AvgIpc) is 2.67. The Morgan fingerprint density at radius 2 is 2.13 bits per heavy atom. The lowest BCUT2D eigenvalue weighted by Gasteiger charge is -1.98. The number of hydrogen-bond donors (Lipinski definition) is 1. The average molecular weight is 224 g/mol. The predicted octanol–water partition coefficient (Wildman–Crippen LogP) is 2.04. The molecule has 1 N–H and O–H groups in total. The molecule has 4 nitrogen and oxygen atoms in total. The van der Waals surface area contributed by atoms with Gasteiger partial charge in [0.05, 0.1) is 0 Å². The van der Waals surface area contributed by atoms with Crippen molar-refractivity contribution in [1.82, 2.24) is 9.59 Å². The minimum atomic E-state index is -1.15. The van der Waals surface area contributed by atoms with Crippen LogP contribution in [0.2, 0.25) is 0 Å². The number of carboxylic acids is 1. The van der Waals surface area contributed by atoms with Gasteiger partial charge in [0.1, 0.15) is 11.5 Å². The molecule has 0 unspecified atom stereocenters. The predicted molar refractivity (Wildman–Crippen MR) is 52.3 cm³/mol. The second kappa shape index (κ2) is 3.74. The molecule has 76 valence electrons. The number of carboxylic acid groups (broad SMARTS) is 1. The Labute approximate surface area is 88.2 Å². The number of halogens is 1. The molecule has 1 aromatic heterocycles. The Bertz CT molecular complexity index is 512. The van der Waals surface area contributed by atoms with Crippen LogP contribution in [0.15, 0.2) is 24.3 Å². The molecule has 0 aliphatic heterocycles. The molecule has 0 radical (unpaired) electrons. The Kier molecular flexibility index (Phi) is 2.42. The molecule has 2 aromatic rings. The van der Waals surface area contributed by atoms with Crippen LogP contribution in [0.25, 0.3) is 11.3 Å². The third-order valence-corrected chi connectivity index (χ3v) is 2.53. The van der Waals surface area contributed by atoms with Crippen molar-refractivity contribution in [3.05, 3.63) is 35.0 Å². The quantitative estimate of drug-likeness (QED) is 0.847. The number of benzene rings is 1. The highest BCUT2D eigenvalue weighted by Gasteiger charge is 2.18. The number of rotatable bonds is 2. The molecule has 1 aromatic carbocycles.